The zero-order chi connectivity index (χ0) is 15.6. The molecule has 0 aliphatic carbocycles. The van der Waals surface area contributed by atoms with E-state index in [-0.39, 0.29) is 9.77 Å². The first kappa shape index (κ1) is 16.2. The predicted molar refractivity (Wildman–Crippen MR) is 84.2 cm³/mol. The Labute approximate surface area is 134 Å². The summed E-state index contributed by atoms with van der Waals surface area (Å²) in [6.45, 7) is 1.73. The van der Waals surface area contributed by atoms with Crippen LogP contribution in [0.25, 0.3) is 0 Å². The van der Waals surface area contributed by atoms with Gasteiger partial charge in [-0.25, -0.2) is 17.9 Å². The number of sulfonamides is 1. The molecule has 0 amide bonds. The average molecular weight is 390 g/mol. The minimum Gasteiger partial charge on any atom is -0.478 e. The molecule has 0 aliphatic heterocycles. The number of rotatable bonds is 5. The third kappa shape index (κ3) is 3.91. The molecule has 0 radical (unpaired) electrons. The Morgan fingerprint density at radius 3 is 2.67 bits per heavy atom. The number of hydrogen-bond acceptors (Lipinski definition) is 4. The molecule has 2 rings (SSSR count). The summed E-state index contributed by atoms with van der Waals surface area (Å²) < 4.78 is 27.8. The molecule has 1 aromatic heterocycles. The molecule has 1 atom stereocenters. The highest BCUT2D eigenvalue weighted by Gasteiger charge is 2.21. The fourth-order valence-electron chi connectivity index (χ4n) is 1.70. The van der Waals surface area contributed by atoms with Crippen molar-refractivity contribution in [1.82, 2.24) is 4.72 Å². The van der Waals surface area contributed by atoms with Gasteiger partial charge in [0.15, 0.2) is 0 Å². The highest BCUT2D eigenvalue weighted by atomic mass is 79.9. The van der Waals surface area contributed by atoms with Crippen molar-refractivity contribution in [2.45, 2.75) is 17.2 Å². The van der Waals surface area contributed by atoms with E-state index in [1.165, 1.54) is 5.38 Å². The lowest BCUT2D eigenvalue weighted by Gasteiger charge is -2.14. The van der Waals surface area contributed by atoms with Gasteiger partial charge in [-0.15, -0.1) is 11.3 Å². The quantitative estimate of drug-likeness (QED) is 0.821. The van der Waals surface area contributed by atoms with Crippen molar-refractivity contribution in [1.29, 1.82) is 0 Å². The Kier molecular flexibility index (Phi) is 4.82. The normalized spacial score (nSPS) is 13.0. The van der Waals surface area contributed by atoms with Crippen LogP contribution >= 0.6 is 27.3 Å². The molecule has 1 heterocycles. The topological polar surface area (TPSA) is 83.5 Å². The van der Waals surface area contributed by atoms with Crippen molar-refractivity contribution in [3.63, 3.8) is 0 Å². The molecular formula is C13H12BrNO4S2. The summed E-state index contributed by atoms with van der Waals surface area (Å²) in [7, 11) is -3.74. The van der Waals surface area contributed by atoms with Crippen LogP contribution in [0.15, 0.2) is 44.4 Å². The second-order valence-electron chi connectivity index (χ2n) is 4.36. The number of hydrogen-bond donors (Lipinski definition) is 2. The van der Waals surface area contributed by atoms with Crippen LogP contribution in [0.5, 0.6) is 0 Å². The first-order chi connectivity index (χ1) is 9.79. The van der Waals surface area contributed by atoms with Crippen LogP contribution in [-0.2, 0) is 10.0 Å². The number of carboxylic acids is 1. The van der Waals surface area contributed by atoms with Crippen molar-refractivity contribution in [3.8, 4) is 0 Å². The summed E-state index contributed by atoms with van der Waals surface area (Å²) in [5, 5.41) is 10.1. The standard InChI is InChI=1S/C13H12BrNO4S2/c1-8(9-3-2-4-11(14)5-9)15-21(18,19)12-6-10(7-20-12)13(16)17/h2-8,15H,1H3,(H,16,17). The Morgan fingerprint density at radius 2 is 2.10 bits per heavy atom. The molecule has 0 spiro atoms. The van der Waals surface area contributed by atoms with Crippen molar-refractivity contribution in [2.75, 3.05) is 0 Å². The van der Waals surface area contributed by atoms with E-state index in [1.807, 2.05) is 24.3 Å². The van der Waals surface area contributed by atoms with E-state index in [2.05, 4.69) is 20.7 Å². The van der Waals surface area contributed by atoms with Crippen LogP contribution in [-0.4, -0.2) is 19.5 Å². The van der Waals surface area contributed by atoms with Gasteiger partial charge in [-0.3, -0.25) is 0 Å². The van der Waals surface area contributed by atoms with E-state index in [4.69, 9.17) is 5.11 Å². The molecule has 0 bridgehead atoms. The lowest BCUT2D eigenvalue weighted by Crippen LogP contribution is -2.26. The second kappa shape index (κ2) is 6.27. The van der Waals surface area contributed by atoms with Crippen LogP contribution in [0.3, 0.4) is 0 Å². The molecule has 0 saturated carbocycles. The predicted octanol–water partition coefficient (Wildman–Crippen LogP) is 3.25. The Balaban J connectivity index is 2.22. The number of carbonyl (C=O) groups is 1. The van der Waals surface area contributed by atoms with Gasteiger partial charge in [-0.2, -0.15) is 0 Å². The van der Waals surface area contributed by atoms with Gasteiger partial charge in [-0.1, -0.05) is 28.1 Å². The molecule has 5 nitrogen and oxygen atoms in total. The van der Waals surface area contributed by atoms with Gasteiger partial charge in [0, 0.05) is 15.9 Å². The maximum absolute atomic E-state index is 12.2. The number of benzene rings is 1. The molecule has 1 unspecified atom stereocenters. The van der Waals surface area contributed by atoms with E-state index in [1.54, 1.807) is 6.92 Å². The largest absolute Gasteiger partial charge is 0.478 e. The number of halogens is 1. The summed E-state index contributed by atoms with van der Waals surface area (Å²) in [4.78, 5) is 10.8. The fourth-order valence-corrected chi connectivity index (χ4v) is 4.52. The molecule has 1 aromatic carbocycles. The lowest BCUT2D eigenvalue weighted by atomic mass is 10.1. The van der Waals surface area contributed by atoms with Gasteiger partial charge in [-0.05, 0) is 30.7 Å². The summed E-state index contributed by atoms with van der Waals surface area (Å²) in [6, 6.07) is 8.03. The third-order valence-corrected chi connectivity index (χ3v) is 6.24. The number of aromatic carboxylic acids is 1. The van der Waals surface area contributed by atoms with Gasteiger partial charge >= 0.3 is 5.97 Å². The first-order valence-corrected chi connectivity index (χ1v) is 9.05. The molecule has 112 valence electrons. The second-order valence-corrected chi connectivity index (χ2v) is 8.13. The van der Waals surface area contributed by atoms with Gasteiger partial charge in [0.05, 0.1) is 5.56 Å². The minimum absolute atomic E-state index is 0.0123. The van der Waals surface area contributed by atoms with Crippen molar-refractivity contribution >= 4 is 43.3 Å². The number of nitrogens with one attached hydrogen (secondary N) is 1. The van der Waals surface area contributed by atoms with Gasteiger partial charge in [0.1, 0.15) is 4.21 Å². The maximum Gasteiger partial charge on any atom is 0.336 e. The van der Waals surface area contributed by atoms with Crippen molar-refractivity contribution < 1.29 is 18.3 Å². The Morgan fingerprint density at radius 1 is 1.38 bits per heavy atom. The van der Waals surface area contributed by atoms with Gasteiger partial charge in [0.2, 0.25) is 0 Å². The van der Waals surface area contributed by atoms with Crippen LogP contribution in [0.2, 0.25) is 0 Å². The van der Waals surface area contributed by atoms with Crippen LogP contribution < -0.4 is 4.72 Å². The van der Waals surface area contributed by atoms with Crippen molar-refractivity contribution in [3.05, 3.63) is 51.3 Å². The van der Waals surface area contributed by atoms with Crippen molar-refractivity contribution in [2.24, 2.45) is 0 Å². The molecule has 2 N–H and O–H groups in total. The molecule has 0 saturated heterocycles. The summed E-state index contributed by atoms with van der Waals surface area (Å²) >= 11 is 4.22. The maximum atomic E-state index is 12.2. The highest BCUT2D eigenvalue weighted by molar-refractivity contribution is 9.10. The Bertz CT molecular complexity index is 770. The first-order valence-electron chi connectivity index (χ1n) is 5.89. The fraction of sp³-hybridized carbons (Fsp3) is 0.154. The average Bonchev–Trinajstić information content (AvgIpc) is 2.88. The Hall–Kier alpha value is -1.22. The monoisotopic (exact) mass is 389 g/mol. The summed E-state index contributed by atoms with van der Waals surface area (Å²) in [5.41, 5.74) is 0.776. The van der Waals surface area contributed by atoms with Crippen LogP contribution in [0.4, 0.5) is 0 Å². The van der Waals surface area contributed by atoms with E-state index < -0.39 is 22.0 Å². The lowest BCUT2D eigenvalue weighted by molar-refractivity contribution is 0.0697. The van der Waals surface area contributed by atoms with E-state index >= 15 is 0 Å². The number of thiophene rings is 1. The van der Waals surface area contributed by atoms with Gasteiger partial charge < -0.3 is 5.11 Å². The molecule has 8 heteroatoms. The summed E-state index contributed by atoms with van der Waals surface area (Å²) in [5.74, 6) is -1.15. The summed E-state index contributed by atoms with van der Waals surface area (Å²) in [6.07, 6.45) is 0. The van der Waals surface area contributed by atoms with Gasteiger partial charge in [0.25, 0.3) is 10.0 Å². The SMILES string of the molecule is CC(NS(=O)(=O)c1cc(C(=O)O)cs1)c1cccc(Br)c1. The van der Waals surface area contributed by atoms with E-state index in [0.29, 0.717) is 0 Å². The third-order valence-electron chi connectivity index (χ3n) is 2.77. The van der Waals surface area contributed by atoms with E-state index in [9.17, 15) is 13.2 Å². The number of carboxylic acid groups (broad SMARTS) is 1. The van der Waals surface area contributed by atoms with Crippen LogP contribution in [0.1, 0.15) is 28.9 Å². The zero-order valence-corrected chi connectivity index (χ0v) is 14.1. The minimum atomic E-state index is -3.74. The van der Waals surface area contributed by atoms with E-state index in [0.717, 1.165) is 27.4 Å². The highest BCUT2D eigenvalue weighted by Crippen LogP contribution is 2.24. The van der Waals surface area contributed by atoms with Crippen LogP contribution in [0, 0.1) is 0 Å². The molecule has 21 heavy (non-hydrogen) atoms. The molecule has 0 aliphatic rings. The zero-order valence-electron chi connectivity index (χ0n) is 10.9. The molecular weight excluding hydrogens is 378 g/mol. The smallest absolute Gasteiger partial charge is 0.336 e. The molecule has 2 aromatic rings. The molecule has 0 fully saturated rings.